The van der Waals surface area contributed by atoms with Crippen molar-refractivity contribution < 1.29 is 4.79 Å². The standard InChI is InChI=1S/C17H20N2O/c1-19-12-16(8-9-17(19)20)18-11-13-6-7-14-4-2-3-5-15(14)10-13/h2-7,10,16,18H,8-9,11-12H2,1H3. The average molecular weight is 268 g/mol. The van der Waals surface area contributed by atoms with Crippen LogP contribution in [0.5, 0.6) is 0 Å². The quantitative estimate of drug-likeness (QED) is 0.928. The van der Waals surface area contributed by atoms with Crippen molar-refractivity contribution in [2.24, 2.45) is 0 Å². The van der Waals surface area contributed by atoms with Crippen molar-refractivity contribution in [3.05, 3.63) is 48.0 Å². The fourth-order valence-electron chi connectivity index (χ4n) is 2.79. The van der Waals surface area contributed by atoms with Gasteiger partial charge in [-0.05, 0) is 28.8 Å². The van der Waals surface area contributed by atoms with Gasteiger partial charge in [0, 0.05) is 32.6 Å². The van der Waals surface area contributed by atoms with E-state index in [9.17, 15) is 4.79 Å². The zero-order valence-electron chi connectivity index (χ0n) is 11.8. The SMILES string of the molecule is CN1CC(NCc2ccc3ccccc3c2)CCC1=O. The van der Waals surface area contributed by atoms with E-state index in [1.165, 1.54) is 16.3 Å². The fraction of sp³-hybridized carbons (Fsp3) is 0.353. The van der Waals surface area contributed by atoms with Crippen molar-refractivity contribution in [1.29, 1.82) is 0 Å². The van der Waals surface area contributed by atoms with Crippen LogP contribution in [0.4, 0.5) is 0 Å². The summed E-state index contributed by atoms with van der Waals surface area (Å²) in [6.07, 6.45) is 1.60. The van der Waals surface area contributed by atoms with Crippen LogP contribution in [0.2, 0.25) is 0 Å². The molecule has 0 aliphatic carbocycles. The minimum atomic E-state index is 0.258. The monoisotopic (exact) mass is 268 g/mol. The molecule has 0 saturated carbocycles. The van der Waals surface area contributed by atoms with Crippen molar-refractivity contribution in [3.8, 4) is 0 Å². The number of carbonyl (C=O) groups is 1. The molecule has 0 aromatic heterocycles. The second-order valence-electron chi connectivity index (χ2n) is 5.57. The minimum absolute atomic E-state index is 0.258. The van der Waals surface area contributed by atoms with E-state index in [1.54, 1.807) is 0 Å². The number of benzene rings is 2. The number of amides is 1. The van der Waals surface area contributed by atoms with Crippen LogP contribution in [-0.2, 0) is 11.3 Å². The molecule has 20 heavy (non-hydrogen) atoms. The van der Waals surface area contributed by atoms with E-state index in [-0.39, 0.29) is 5.91 Å². The first-order valence-corrected chi connectivity index (χ1v) is 7.17. The third-order valence-corrected chi connectivity index (χ3v) is 4.04. The Balaban J connectivity index is 1.63. The van der Waals surface area contributed by atoms with E-state index >= 15 is 0 Å². The Kier molecular flexibility index (Phi) is 3.70. The number of nitrogens with zero attached hydrogens (tertiary/aromatic N) is 1. The van der Waals surface area contributed by atoms with Gasteiger partial charge in [0.25, 0.3) is 0 Å². The molecule has 0 radical (unpaired) electrons. The smallest absolute Gasteiger partial charge is 0.222 e. The Bertz CT molecular complexity index is 623. The molecular formula is C17H20N2O. The number of hydrogen-bond acceptors (Lipinski definition) is 2. The molecule has 1 amide bonds. The molecular weight excluding hydrogens is 248 g/mol. The lowest BCUT2D eigenvalue weighted by atomic mass is 10.0. The second kappa shape index (κ2) is 5.63. The number of fused-ring (bicyclic) bond motifs is 1. The van der Waals surface area contributed by atoms with Crippen molar-refractivity contribution in [3.63, 3.8) is 0 Å². The van der Waals surface area contributed by atoms with E-state index in [4.69, 9.17) is 0 Å². The summed E-state index contributed by atoms with van der Waals surface area (Å²) in [5.74, 6) is 0.258. The fourth-order valence-corrected chi connectivity index (χ4v) is 2.79. The first-order chi connectivity index (χ1) is 9.72. The lowest BCUT2D eigenvalue weighted by molar-refractivity contribution is -0.132. The normalized spacial score (nSPS) is 19.6. The third-order valence-electron chi connectivity index (χ3n) is 4.04. The molecule has 1 N–H and O–H groups in total. The average Bonchev–Trinajstić information content (AvgIpc) is 2.48. The zero-order chi connectivity index (χ0) is 13.9. The summed E-state index contributed by atoms with van der Waals surface area (Å²) in [6, 6.07) is 15.4. The Morgan fingerprint density at radius 1 is 1.20 bits per heavy atom. The number of carbonyl (C=O) groups excluding carboxylic acids is 1. The van der Waals surface area contributed by atoms with Gasteiger partial charge in [-0.25, -0.2) is 0 Å². The molecule has 0 spiro atoms. The number of nitrogens with one attached hydrogen (secondary N) is 1. The Hall–Kier alpha value is -1.87. The summed E-state index contributed by atoms with van der Waals surface area (Å²) in [4.78, 5) is 13.3. The van der Waals surface area contributed by atoms with Crippen molar-refractivity contribution in [2.75, 3.05) is 13.6 Å². The molecule has 1 fully saturated rings. The third kappa shape index (κ3) is 2.83. The van der Waals surface area contributed by atoms with Gasteiger partial charge >= 0.3 is 0 Å². The lowest BCUT2D eigenvalue weighted by Crippen LogP contribution is -2.46. The van der Waals surface area contributed by atoms with Gasteiger partial charge in [0.05, 0.1) is 0 Å². The predicted octanol–water partition coefficient (Wildman–Crippen LogP) is 2.55. The van der Waals surface area contributed by atoms with Gasteiger partial charge in [-0.1, -0.05) is 36.4 Å². The highest BCUT2D eigenvalue weighted by Gasteiger charge is 2.22. The summed E-state index contributed by atoms with van der Waals surface area (Å²) in [5.41, 5.74) is 1.29. The first-order valence-electron chi connectivity index (χ1n) is 7.17. The first kappa shape index (κ1) is 13.1. The van der Waals surface area contributed by atoms with Gasteiger partial charge in [-0.3, -0.25) is 4.79 Å². The molecule has 1 unspecified atom stereocenters. The van der Waals surface area contributed by atoms with Gasteiger partial charge < -0.3 is 10.2 Å². The number of hydrogen-bond donors (Lipinski definition) is 1. The highest BCUT2D eigenvalue weighted by molar-refractivity contribution is 5.83. The van der Waals surface area contributed by atoms with Crippen molar-refractivity contribution >= 4 is 16.7 Å². The number of likely N-dealkylation sites (tertiary alicyclic amines) is 1. The highest BCUT2D eigenvalue weighted by atomic mass is 16.2. The molecule has 1 atom stereocenters. The summed E-state index contributed by atoms with van der Waals surface area (Å²) >= 11 is 0. The van der Waals surface area contributed by atoms with E-state index in [0.29, 0.717) is 12.5 Å². The maximum atomic E-state index is 11.5. The molecule has 1 heterocycles. The maximum Gasteiger partial charge on any atom is 0.222 e. The molecule has 1 saturated heterocycles. The van der Waals surface area contributed by atoms with Crippen molar-refractivity contribution in [1.82, 2.24) is 10.2 Å². The van der Waals surface area contributed by atoms with E-state index in [2.05, 4.69) is 47.8 Å². The zero-order valence-corrected chi connectivity index (χ0v) is 11.8. The van der Waals surface area contributed by atoms with Gasteiger partial charge in [-0.2, -0.15) is 0 Å². The molecule has 2 aromatic rings. The van der Waals surface area contributed by atoms with Gasteiger partial charge in [0.2, 0.25) is 5.91 Å². The van der Waals surface area contributed by atoms with E-state index in [1.807, 2.05) is 11.9 Å². The van der Waals surface area contributed by atoms with Crippen molar-refractivity contribution in [2.45, 2.75) is 25.4 Å². The second-order valence-corrected chi connectivity index (χ2v) is 5.57. The van der Waals surface area contributed by atoms with Crippen LogP contribution in [0.25, 0.3) is 10.8 Å². The molecule has 3 nitrogen and oxygen atoms in total. The van der Waals surface area contributed by atoms with E-state index < -0.39 is 0 Å². The Morgan fingerprint density at radius 2 is 2.00 bits per heavy atom. The molecule has 104 valence electrons. The maximum absolute atomic E-state index is 11.5. The Morgan fingerprint density at radius 3 is 2.80 bits per heavy atom. The largest absolute Gasteiger partial charge is 0.344 e. The summed E-state index contributed by atoms with van der Waals surface area (Å²) in [5, 5.41) is 6.12. The van der Waals surface area contributed by atoms with Crippen LogP contribution < -0.4 is 5.32 Å². The number of likely N-dealkylation sites (N-methyl/N-ethyl adjacent to an activating group) is 1. The van der Waals surface area contributed by atoms with Gasteiger partial charge in [-0.15, -0.1) is 0 Å². The van der Waals surface area contributed by atoms with Crippen LogP contribution in [-0.4, -0.2) is 30.4 Å². The summed E-state index contributed by atoms with van der Waals surface area (Å²) in [7, 11) is 1.88. The predicted molar refractivity (Wildman–Crippen MR) is 81.4 cm³/mol. The number of rotatable bonds is 3. The topological polar surface area (TPSA) is 32.3 Å². The molecule has 3 rings (SSSR count). The van der Waals surface area contributed by atoms with E-state index in [0.717, 1.165) is 19.5 Å². The molecule has 2 aromatic carbocycles. The molecule has 1 aliphatic rings. The van der Waals surface area contributed by atoms with Gasteiger partial charge in [0.1, 0.15) is 0 Å². The Labute approximate surface area is 119 Å². The summed E-state index contributed by atoms with van der Waals surface area (Å²) < 4.78 is 0. The lowest BCUT2D eigenvalue weighted by Gasteiger charge is -2.30. The molecule has 1 aliphatic heterocycles. The molecule has 3 heteroatoms. The summed E-state index contributed by atoms with van der Waals surface area (Å²) in [6.45, 7) is 1.67. The van der Waals surface area contributed by atoms with Crippen LogP contribution in [0, 0.1) is 0 Å². The highest BCUT2D eigenvalue weighted by Crippen LogP contribution is 2.16. The van der Waals surface area contributed by atoms with Crippen LogP contribution in [0.15, 0.2) is 42.5 Å². The minimum Gasteiger partial charge on any atom is -0.344 e. The molecule has 0 bridgehead atoms. The number of piperidine rings is 1. The van der Waals surface area contributed by atoms with Crippen LogP contribution in [0.1, 0.15) is 18.4 Å². The van der Waals surface area contributed by atoms with Crippen LogP contribution in [0.3, 0.4) is 0 Å². The van der Waals surface area contributed by atoms with Crippen LogP contribution >= 0.6 is 0 Å². The van der Waals surface area contributed by atoms with Gasteiger partial charge in [0.15, 0.2) is 0 Å².